The van der Waals surface area contributed by atoms with Crippen molar-refractivity contribution in [1.82, 2.24) is 4.98 Å². The lowest BCUT2D eigenvalue weighted by atomic mass is 10.2. The topological polar surface area (TPSA) is 24.9 Å². The minimum Gasteiger partial charge on any atom is -0.379 e. The SMILES string of the molecule is Cc1ccc(NCc2nc3cc(F)cc(F)c3s2)cc1. The monoisotopic (exact) mass is 290 g/mol. The minimum atomic E-state index is -0.599. The summed E-state index contributed by atoms with van der Waals surface area (Å²) in [6.07, 6.45) is 0. The number of hydrogen-bond acceptors (Lipinski definition) is 3. The van der Waals surface area contributed by atoms with E-state index in [-0.39, 0.29) is 0 Å². The normalized spacial score (nSPS) is 10.9. The van der Waals surface area contributed by atoms with Crippen LogP contribution in [0.1, 0.15) is 10.6 Å². The molecule has 102 valence electrons. The van der Waals surface area contributed by atoms with Crippen molar-refractivity contribution in [1.29, 1.82) is 0 Å². The maximum Gasteiger partial charge on any atom is 0.145 e. The molecule has 3 aromatic rings. The van der Waals surface area contributed by atoms with Crippen molar-refractivity contribution in [2.75, 3.05) is 5.32 Å². The highest BCUT2D eigenvalue weighted by molar-refractivity contribution is 7.18. The van der Waals surface area contributed by atoms with Gasteiger partial charge in [-0.1, -0.05) is 17.7 Å². The van der Waals surface area contributed by atoms with Crippen LogP contribution < -0.4 is 5.32 Å². The number of thiazole rings is 1. The summed E-state index contributed by atoms with van der Waals surface area (Å²) < 4.78 is 27.1. The zero-order chi connectivity index (χ0) is 14.1. The molecule has 0 saturated heterocycles. The van der Waals surface area contributed by atoms with Crippen LogP contribution in [0.5, 0.6) is 0 Å². The molecular formula is C15H12F2N2S. The second-order valence-electron chi connectivity index (χ2n) is 4.56. The summed E-state index contributed by atoms with van der Waals surface area (Å²) in [5.74, 6) is -1.16. The number of rotatable bonds is 3. The molecule has 0 bridgehead atoms. The molecule has 2 nitrogen and oxygen atoms in total. The van der Waals surface area contributed by atoms with Crippen molar-refractivity contribution >= 4 is 27.2 Å². The van der Waals surface area contributed by atoms with Gasteiger partial charge in [0.25, 0.3) is 0 Å². The number of nitrogens with one attached hydrogen (secondary N) is 1. The van der Waals surface area contributed by atoms with E-state index >= 15 is 0 Å². The van der Waals surface area contributed by atoms with Crippen LogP contribution in [0.4, 0.5) is 14.5 Å². The third-order valence-electron chi connectivity index (χ3n) is 2.95. The molecule has 20 heavy (non-hydrogen) atoms. The smallest absolute Gasteiger partial charge is 0.145 e. The molecule has 5 heteroatoms. The number of anilines is 1. The number of nitrogens with zero attached hydrogens (tertiary/aromatic N) is 1. The zero-order valence-corrected chi connectivity index (χ0v) is 11.6. The van der Waals surface area contributed by atoms with E-state index in [2.05, 4.69) is 10.3 Å². The van der Waals surface area contributed by atoms with Gasteiger partial charge in [-0.3, -0.25) is 0 Å². The second kappa shape index (κ2) is 5.17. The summed E-state index contributed by atoms with van der Waals surface area (Å²) in [6, 6.07) is 10.1. The summed E-state index contributed by atoms with van der Waals surface area (Å²) in [6.45, 7) is 2.51. The minimum absolute atomic E-state index is 0.369. The fraction of sp³-hybridized carbons (Fsp3) is 0.133. The molecule has 0 saturated carbocycles. The molecule has 0 amide bonds. The quantitative estimate of drug-likeness (QED) is 0.768. The van der Waals surface area contributed by atoms with Crippen LogP contribution in [0.25, 0.3) is 10.2 Å². The van der Waals surface area contributed by atoms with Crippen molar-refractivity contribution in [3.05, 3.63) is 58.6 Å². The van der Waals surface area contributed by atoms with E-state index in [1.165, 1.54) is 23.0 Å². The molecule has 1 aromatic heterocycles. The van der Waals surface area contributed by atoms with Gasteiger partial charge in [-0.2, -0.15) is 0 Å². The molecule has 1 N–H and O–H groups in total. The predicted molar refractivity (Wildman–Crippen MR) is 78.0 cm³/mol. The highest BCUT2D eigenvalue weighted by Crippen LogP contribution is 2.26. The molecule has 0 aliphatic carbocycles. The van der Waals surface area contributed by atoms with Crippen LogP contribution >= 0.6 is 11.3 Å². The first-order chi connectivity index (χ1) is 9.61. The van der Waals surface area contributed by atoms with E-state index in [4.69, 9.17) is 0 Å². The molecule has 0 unspecified atom stereocenters. The van der Waals surface area contributed by atoms with Crippen molar-refractivity contribution in [3.63, 3.8) is 0 Å². The van der Waals surface area contributed by atoms with Crippen LogP contribution in [0.3, 0.4) is 0 Å². The first-order valence-corrected chi connectivity index (χ1v) is 6.98. The average molecular weight is 290 g/mol. The van der Waals surface area contributed by atoms with Gasteiger partial charge in [0.1, 0.15) is 16.6 Å². The molecule has 0 fully saturated rings. The van der Waals surface area contributed by atoms with E-state index in [0.717, 1.165) is 16.8 Å². The Balaban J connectivity index is 1.81. The van der Waals surface area contributed by atoms with Gasteiger partial charge < -0.3 is 5.32 Å². The van der Waals surface area contributed by atoms with Gasteiger partial charge in [-0.25, -0.2) is 13.8 Å². The second-order valence-corrected chi connectivity index (χ2v) is 5.65. The van der Waals surface area contributed by atoms with Gasteiger partial charge in [0.2, 0.25) is 0 Å². The number of hydrogen-bond donors (Lipinski definition) is 1. The van der Waals surface area contributed by atoms with Gasteiger partial charge in [-0.05, 0) is 19.1 Å². The van der Waals surface area contributed by atoms with E-state index in [1.807, 2.05) is 31.2 Å². The molecule has 0 aliphatic heterocycles. The Morgan fingerprint density at radius 3 is 2.65 bits per heavy atom. The molecule has 0 radical (unpaired) electrons. The van der Waals surface area contributed by atoms with E-state index in [1.54, 1.807) is 0 Å². The highest BCUT2D eigenvalue weighted by atomic mass is 32.1. The Hall–Kier alpha value is -2.01. The van der Waals surface area contributed by atoms with Gasteiger partial charge in [0.05, 0.1) is 16.8 Å². The van der Waals surface area contributed by atoms with Crippen LogP contribution in [0.15, 0.2) is 36.4 Å². The summed E-state index contributed by atoms with van der Waals surface area (Å²) in [7, 11) is 0. The largest absolute Gasteiger partial charge is 0.379 e. The Kier molecular flexibility index (Phi) is 3.36. The van der Waals surface area contributed by atoms with Crippen molar-refractivity contribution in [2.45, 2.75) is 13.5 Å². The molecule has 1 heterocycles. The Labute approximate surface area is 119 Å². The maximum atomic E-state index is 13.6. The van der Waals surface area contributed by atoms with E-state index < -0.39 is 11.6 Å². The van der Waals surface area contributed by atoms with Gasteiger partial charge in [0.15, 0.2) is 0 Å². The molecule has 2 aromatic carbocycles. The first-order valence-electron chi connectivity index (χ1n) is 6.17. The molecule has 0 spiro atoms. The lowest BCUT2D eigenvalue weighted by Gasteiger charge is -2.03. The third kappa shape index (κ3) is 2.63. The standard InChI is InChI=1S/C15H12F2N2S/c1-9-2-4-11(5-3-9)18-8-14-19-13-7-10(16)6-12(17)15(13)20-14/h2-7,18H,8H2,1H3. The fourth-order valence-electron chi connectivity index (χ4n) is 1.93. The summed E-state index contributed by atoms with van der Waals surface area (Å²) in [5.41, 5.74) is 2.53. The first kappa shape index (κ1) is 13.0. The van der Waals surface area contributed by atoms with Gasteiger partial charge >= 0.3 is 0 Å². The van der Waals surface area contributed by atoms with Crippen LogP contribution in [-0.2, 0) is 6.54 Å². The Morgan fingerprint density at radius 1 is 1.15 bits per heavy atom. The number of aryl methyl sites for hydroxylation is 1. The summed E-state index contributed by atoms with van der Waals surface area (Å²) in [4.78, 5) is 4.24. The fourth-order valence-corrected chi connectivity index (χ4v) is 2.82. The van der Waals surface area contributed by atoms with Crippen molar-refractivity contribution in [2.24, 2.45) is 0 Å². The van der Waals surface area contributed by atoms with Gasteiger partial charge in [-0.15, -0.1) is 11.3 Å². The molecule has 0 atom stereocenters. The molecular weight excluding hydrogens is 278 g/mol. The van der Waals surface area contributed by atoms with Crippen LogP contribution in [0.2, 0.25) is 0 Å². The zero-order valence-electron chi connectivity index (χ0n) is 10.8. The van der Waals surface area contributed by atoms with E-state index in [0.29, 0.717) is 16.8 Å². The number of benzene rings is 2. The summed E-state index contributed by atoms with van der Waals surface area (Å²) in [5, 5.41) is 3.94. The summed E-state index contributed by atoms with van der Waals surface area (Å²) >= 11 is 1.24. The van der Waals surface area contributed by atoms with Crippen LogP contribution in [-0.4, -0.2) is 4.98 Å². The Bertz CT molecular complexity index is 750. The number of aromatic nitrogens is 1. The number of fused-ring (bicyclic) bond motifs is 1. The maximum absolute atomic E-state index is 13.6. The molecule has 3 rings (SSSR count). The average Bonchev–Trinajstić information content (AvgIpc) is 2.81. The van der Waals surface area contributed by atoms with Gasteiger partial charge in [0, 0.05) is 17.8 Å². The number of halogens is 2. The van der Waals surface area contributed by atoms with Crippen molar-refractivity contribution < 1.29 is 8.78 Å². The lowest BCUT2D eigenvalue weighted by molar-refractivity contribution is 0.593. The third-order valence-corrected chi connectivity index (χ3v) is 4.03. The predicted octanol–water partition coefficient (Wildman–Crippen LogP) is 4.50. The lowest BCUT2D eigenvalue weighted by Crippen LogP contribution is -1.98. The molecule has 0 aliphatic rings. The van der Waals surface area contributed by atoms with E-state index in [9.17, 15) is 8.78 Å². The Morgan fingerprint density at radius 2 is 1.90 bits per heavy atom. The van der Waals surface area contributed by atoms with Crippen LogP contribution in [0, 0.1) is 18.6 Å². The highest BCUT2D eigenvalue weighted by Gasteiger charge is 2.10. The van der Waals surface area contributed by atoms with Crippen molar-refractivity contribution in [3.8, 4) is 0 Å².